The predicted octanol–water partition coefficient (Wildman–Crippen LogP) is 2.23. The molecule has 25 heavy (non-hydrogen) atoms. The molecule has 3 heterocycles. The lowest BCUT2D eigenvalue weighted by Gasteiger charge is -2.28. The van der Waals surface area contributed by atoms with E-state index in [9.17, 15) is 4.79 Å². The van der Waals surface area contributed by atoms with Crippen molar-refractivity contribution >= 4 is 5.91 Å². The summed E-state index contributed by atoms with van der Waals surface area (Å²) < 4.78 is 7.92. The van der Waals surface area contributed by atoms with E-state index in [2.05, 4.69) is 21.7 Å². The Bertz CT molecular complexity index is 743. The molecule has 0 spiro atoms. The van der Waals surface area contributed by atoms with Gasteiger partial charge in [0.05, 0.1) is 6.04 Å². The van der Waals surface area contributed by atoms with Gasteiger partial charge in [0, 0.05) is 25.4 Å². The summed E-state index contributed by atoms with van der Waals surface area (Å²) in [5, 5.41) is 8.74. The zero-order valence-corrected chi connectivity index (χ0v) is 14.6. The SMILES string of the molecule is CCCc1nnc2n1CC1CCC(C2)N1C(=O)COc1ccccc1. The van der Waals surface area contributed by atoms with Crippen molar-refractivity contribution in [3.8, 4) is 5.75 Å². The topological polar surface area (TPSA) is 60.2 Å². The fraction of sp³-hybridized carbons (Fsp3) is 0.526. The van der Waals surface area contributed by atoms with Gasteiger partial charge in [-0.3, -0.25) is 4.79 Å². The molecule has 0 radical (unpaired) electrons. The number of rotatable bonds is 5. The van der Waals surface area contributed by atoms with Crippen LogP contribution in [0, 0.1) is 0 Å². The first-order valence-corrected chi connectivity index (χ1v) is 9.16. The molecular formula is C19H24N4O2. The Morgan fingerprint density at radius 1 is 1.20 bits per heavy atom. The highest BCUT2D eigenvalue weighted by atomic mass is 16.5. The Kier molecular flexibility index (Phi) is 4.42. The van der Waals surface area contributed by atoms with Gasteiger partial charge in [0.1, 0.15) is 17.4 Å². The fourth-order valence-corrected chi connectivity index (χ4v) is 4.05. The van der Waals surface area contributed by atoms with Gasteiger partial charge in [0.15, 0.2) is 6.61 Å². The van der Waals surface area contributed by atoms with Crippen molar-refractivity contribution in [2.45, 2.75) is 57.7 Å². The van der Waals surface area contributed by atoms with E-state index in [0.29, 0.717) is 0 Å². The van der Waals surface area contributed by atoms with Gasteiger partial charge in [-0.15, -0.1) is 10.2 Å². The number of nitrogens with zero attached hydrogens (tertiary/aromatic N) is 4. The minimum atomic E-state index is 0.0760. The molecule has 1 aromatic carbocycles. The summed E-state index contributed by atoms with van der Waals surface area (Å²) in [4.78, 5) is 14.9. The number of fused-ring (bicyclic) bond motifs is 3. The number of amides is 1. The van der Waals surface area contributed by atoms with E-state index in [1.807, 2.05) is 35.2 Å². The standard InChI is InChI=1S/C19H24N4O2/c1-2-6-17-20-21-18-11-14-9-10-15(12-22(17)18)23(14)19(24)13-25-16-7-4-3-5-8-16/h3-5,7-8,14-15H,2,6,9-13H2,1H3. The highest BCUT2D eigenvalue weighted by molar-refractivity contribution is 5.79. The number of carbonyl (C=O) groups is 1. The van der Waals surface area contributed by atoms with Crippen LogP contribution >= 0.6 is 0 Å². The van der Waals surface area contributed by atoms with Crippen molar-refractivity contribution in [2.75, 3.05) is 6.61 Å². The molecule has 1 amide bonds. The summed E-state index contributed by atoms with van der Waals surface area (Å²) in [6, 6.07) is 9.97. The van der Waals surface area contributed by atoms with Gasteiger partial charge in [0.2, 0.25) is 0 Å². The third-order valence-corrected chi connectivity index (χ3v) is 5.20. The molecule has 0 saturated carbocycles. The summed E-state index contributed by atoms with van der Waals surface area (Å²) in [5.41, 5.74) is 0. The van der Waals surface area contributed by atoms with E-state index < -0.39 is 0 Å². The van der Waals surface area contributed by atoms with E-state index in [4.69, 9.17) is 4.74 Å². The summed E-state index contributed by atoms with van der Waals surface area (Å²) in [6.45, 7) is 3.06. The molecule has 2 unspecified atom stereocenters. The second kappa shape index (κ2) is 6.86. The van der Waals surface area contributed by atoms with Gasteiger partial charge in [-0.1, -0.05) is 25.1 Å². The molecule has 1 fully saturated rings. The molecule has 0 aliphatic carbocycles. The maximum atomic E-state index is 12.8. The maximum Gasteiger partial charge on any atom is 0.261 e. The van der Waals surface area contributed by atoms with Gasteiger partial charge in [-0.2, -0.15) is 0 Å². The Balaban J connectivity index is 1.47. The molecular weight excluding hydrogens is 316 g/mol. The normalized spacial score (nSPS) is 21.7. The van der Waals surface area contributed by atoms with Crippen molar-refractivity contribution in [3.05, 3.63) is 42.0 Å². The van der Waals surface area contributed by atoms with E-state index in [0.717, 1.165) is 56.0 Å². The molecule has 1 aromatic heterocycles. The summed E-state index contributed by atoms with van der Waals surface area (Å²) in [5.74, 6) is 2.89. The monoisotopic (exact) mass is 340 g/mol. The lowest BCUT2D eigenvalue weighted by molar-refractivity contribution is -0.136. The van der Waals surface area contributed by atoms with Crippen LogP contribution in [-0.4, -0.2) is 44.3 Å². The van der Waals surface area contributed by atoms with Gasteiger partial charge in [-0.25, -0.2) is 0 Å². The smallest absolute Gasteiger partial charge is 0.261 e. The fourth-order valence-electron chi connectivity index (χ4n) is 4.05. The molecule has 2 aliphatic heterocycles. The van der Waals surface area contributed by atoms with Gasteiger partial charge in [0.25, 0.3) is 5.91 Å². The van der Waals surface area contributed by atoms with Gasteiger partial charge >= 0.3 is 0 Å². The van der Waals surface area contributed by atoms with Crippen molar-refractivity contribution < 1.29 is 9.53 Å². The highest BCUT2D eigenvalue weighted by Gasteiger charge is 2.41. The largest absolute Gasteiger partial charge is 0.484 e. The van der Waals surface area contributed by atoms with Crippen LogP contribution in [-0.2, 0) is 24.2 Å². The summed E-state index contributed by atoms with van der Waals surface area (Å²) in [6.07, 6.45) is 4.88. The van der Waals surface area contributed by atoms with Crippen molar-refractivity contribution in [1.29, 1.82) is 0 Å². The number of benzene rings is 1. The molecule has 2 atom stereocenters. The second-order valence-corrected chi connectivity index (χ2v) is 6.88. The molecule has 2 aromatic rings. The van der Waals surface area contributed by atoms with Crippen LogP contribution in [0.5, 0.6) is 5.75 Å². The Morgan fingerprint density at radius 2 is 2.00 bits per heavy atom. The maximum absolute atomic E-state index is 12.8. The van der Waals surface area contributed by atoms with Crippen LogP contribution in [0.4, 0.5) is 0 Å². The number of carbonyl (C=O) groups excluding carboxylic acids is 1. The van der Waals surface area contributed by atoms with Crippen LogP contribution in [0.2, 0.25) is 0 Å². The predicted molar refractivity (Wildman–Crippen MR) is 93.3 cm³/mol. The lowest BCUT2D eigenvalue weighted by Crippen LogP contribution is -2.44. The summed E-state index contributed by atoms with van der Waals surface area (Å²) >= 11 is 0. The Morgan fingerprint density at radius 3 is 2.80 bits per heavy atom. The molecule has 4 rings (SSSR count). The van der Waals surface area contributed by atoms with E-state index >= 15 is 0 Å². The van der Waals surface area contributed by atoms with Crippen molar-refractivity contribution in [2.24, 2.45) is 0 Å². The Hall–Kier alpha value is -2.37. The highest BCUT2D eigenvalue weighted by Crippen LogP contribution is 2.31. The minimum absolute atomic E-state index is 0.0760. The second-order valence-electron chi connectivity index (χ2n) is 6.88. The molecule has 1 saturated heterocycles. The first-order valence-electron chi connectivity index (χ1n) is 9.16. The molecule has 132 valence electrons. The van der Waals surface area contributed by atoms with Crippen molar-refractivity contribution in [1.82, 2.24) is 19.7 Å². The van der Waals surface area contributed by atoms with E-state index in [1.54, 1.807) is 0 Å². The first-order chi connectivity index (χ1) is 12.3. The number of hydrogen-bond donors (Lipinski definition) is 0. The average molecular weight is 340 g/mol. The molecule has 6 nitrogen and oxygen atoms in total. The molecule has 0 N–H and O–H groups in total. The van der Waals surface area contributed by atoms with Crippen LogP contribution in [0.1, 0.15) is 37.8 Å². The van der Waals surface area contributed by atoms with Crippen LogP contribution in [0.25, 0.3) is 0 Å². The third kappa shape index (κ3) is 3.13. The number of aromatic nitrogens is 3. The zero-order chi connectivity index (χ0) is 17.2. The molecule has 2 aliphatic rings. The first kappa shape index (κ1) is 16.1. The van der Waals surface area contributed by atoms with Gasteiger partial charge in [-0.05, 0) is 31.4 Å². The zero-order valence-electron chi connectivity index (χ0n) is 14.6. The Labute approximate surface area is 147 Å². The molecule has 6 heteroatoms. The van der Waals surface area contributed by atoms with Crippen LogP contribution in [0.3, 0.4) is 0 Å². The van der Waals surface area contributed by atoms with E-state index in [-0.39, 0.29) is 24.6 Å². The average Bonchev–Trinajstić information content (AvgIpc) is 3.14. The number of para-hydroxylation sites is 1. The molecule has 2 bridgehead atoms. The summed E-state index contributed by atoms with van der Waals surface area (Å²) in [7, 11) is 0. The number of ether oxygens (including phenoxy) is 1. The van der Waals surface area contributed by atoms with Crippen LogP contribution in [0.15, 0.2) is 30.3 Å². The van der Waals surface area contributed by atoms with Crippen molar-refractivity contribution in [3.63, 3.8) is 0 Å². The lowest BCUT2D eigenvalue weighted by atomic mass is 10.1. The minimum Gasteiger partial charge on any atom is -0.484 e. The quantitative estimate of drug-likeness (QED) is 0.837. The van der Waals surface area contributed by atoms with E-state index in [1.165, 1.54) is 0 Å². The van der Waals surface area contributed by atoms with Gasteiger partial charge < -0.3 is 14.2 Å². The van der Waals surface area contributed by atoms with Crippen LogP contribution < -0.4 is 4.74 Å². The third-order valence-electron chi connectivity index (χ3n) is 5.20. The number of aryl methyl sites for hydroxylation is 1. The number of hydrogen-bond acceptors (Lipinski definition) is 4.